The van der Waals surface area contributed by atoms with Crippen LogP contribution in [0.5, 0.6) is 0 Å². The number of hydrogen-bond acceptors (Lipinski definition) is 2. The van der Waals surface area contributed by atoms with E-state index in [1.165, 1.54) is 42.6 Å². The molecule has 0 radical (unpaired) electrons. The van der Waals surface area contributed by atoms with Crippen LogP contribution < -0.4 is 0 Å². The van der Waals surface area contributed by atoms with Crippen LogP contribution in [0.1, 0.15) is 35.1 Å². The maximum absolute atomic E-state index is 6.26. The average Bonchev–Trinajstić information content (AvgIpc) is 3.52. The Balaban J connectivity index is 1.67. The predicted octanol–water partition coefficient (Wildman–Crippen LogP) is 5.97. The van der Waals surface area contributed by atoms with E-state index < -0.39 is 5.54 Å². The fraction of sp³-hybridized carbons (Fsp3) is 0.222. The molecular weight excluding hydrogens is 402 g/mol. The summed E-state index contributed by atoms with van der Waals surface area (Å²) in [6.07, 6.45) is 8.41. The molecule has 3 nitrogen and oxygen atoms in total. The van der Waals surface area contributed by atoms with E-state index in [2.05, 4.69) is 81.2 Å². The molecule has 156 valence electrons. The summed E-state index contributed by atoms with van der Waals surface area (Å²) < 4.78 is 2.20. The molecule has 1 saturated heterocycles. The quantitative estimate of drug-likeness (QED) is 0.353. The normalized spacial score (nSPS) is 16.3. The van der Waals surface area contributed by atoms with Crippen molar-refractivity contribution in [1.82, 2.24) is 14.5 Å². The molecule has 2 heterocycles. The van der Waals surface area contributed by atoms with Crippen molar-refractivity contribution in [3.63, 3.8) is 0 Å². The van der Waals surface area contributed by atoms with Crippen LogP contribution in [0.15, 0.2) is 97.6 Å². The van der Waals surface area contributed by atoms with Crippen LogP contribution in [-0.2, 0) is 12.1 Å². The molecular formula is C27H26ClN3. The van der Waals surface area contributed by atoms with E-state index >= 15 is 0 Å². The van der Waals surface area contributed by atoms with E-state index in [9.17, 15) is 0 Å². The number of rotatable bonds is 6. The van der Waals surface area contributed by atoms with Gasteiger partial charge in [-0.15, -0.1) is 0 Å². The van der Waals surface area contributed by atoms with Crippen LogP contribution in [0.2, 0.25) is 5.02 Å². The zero-order chi connectivity index (χ0) is 21.1. The van der Waals surface area contributed by atoms with Gasteiger partial charge in [0.05, 0.1) is 6.33 Å². The summed E-state index contributed by atoms with van der Waals surface area (Å²) in [4.78, 5) is 6.93. The van der Waals surface area contributed by atoms with Gasteiger partial charge in [0.1, 0.15) is 5.54 Å². The topological polar surface area (TPSA) is 21.1 Å². The monoisotopic (exact) mass is 427 g/mol. The maximum Gasteiger partial charge on any atom is 0.121 e. The average molecular weight is 428 g/mol. The van der Waals surface area contributed by atoms with Gasteiger partial charge in [0, 0.05) is 24.0 Å². The molecule has 4 heteroatoms. The van der Waals surface area contributed by atoms with Crippen molar-refractivity contribution in [1.29, 1.82) is 0 Å². The number of halogens is 1. The van der Waals surface area contributed by atoms with E-state index in [4.69, 9.17) is 11.6 Å². The predicted molar refractivity (Wildman–Crippen MR) is 126 cm³/mol. The number of imidazole rings is 1. The zero-order valence-electron chi connectivity index (χ0n) is 17.5. The third kappa shape index (κ3) is 3.80. The molecule has 4 aromatic rings. The van der Waals surface area contributed by atoms with Gasteiger partial charge in [0.2, 0.25) is 0 Å². The fourth-order valence-electron chi connectivity index (χ4n) is 4.83. The lowest BCUT2D eigenvalue weighted by Crippen LogP contribution is -2.37. The van der Waals surface area contributed by atoms with Gasteiger partial charge < -0.3 is 4.57 Å². The van der Waals surface area contributed by atoms with Gasteiger partial charge in [-0.25, -0.2) is 4.98 Å². The highest BCUT2D eigenvalue weighted by Gasteiger charge is 2.38. The van der Waals surface area contributed by atoms with Crippen LogP contribution in [0.4, 0.5) is 0 Å². The summed E-state index contributed by atoms with van der Waals surface area (Å²) >= 11 is 6.26. The van der Waals surface area contributed by atoms with Crippen molar-refractivity contribution in [3.05, 3.63) is 125 Å². The van der Waals surface area contributed by atoms with Gasteiger partial charge in [-0.1, -0.05) is 78.3 Å². The number of benzene rings is 3. The summed E-state index contributed by atoms with van der Waals surface area (Å²) in [5, 5.41) is 0.734. The molecule has 0 spiro atoms. The first-order valence-corrected chi connectivity index (χ1v) is 11.3. The van der Waals surface area contributed by atoms with Gasteiger partial charge in [0.15, 0.2) is 0 Å². The van der Waals surface area contributed by atoms with Gasteiger partial charge in [0.25, 0.3) is 0 Å². The fourth-order valence-corrected chi connectivity index (χ4v) is 4.95. The van der Waals surface area contributed by atoms with Gasteiger partial charge in [-0.2, -0.15) is 0 Å². The molecule has 1 aromatic heterocycles. The van der Waals surface area contributed by atoms with Crippen LogP contribution in [0.25, 0.3) is 0 Å². The smallest absolute Gasteiger partial charge is 0.121 e. The molecule has 1 fully saturated rings. The Kier molecular flexibility index (Phi) is 5.63. The van der Waals surface area contributed by atoms with Crippen LogP contribution in [0, 0.1) is 0 Å². The van der Waals surface area contributed by atoms with Crippen molar-refractivity contribution in [3.8, 4) is 0 Å². The molecule has 0 N–H and O–H groups in total. The summed E-state index contributed by atoms with van der Waals surface area (Å²) in [6.45, 7) is 3.43. The highest BCUT2D eigenvalue weighted by atomic mass is 35.5. The Morgan fingerprint density at radius 2 is 1.39 bits per heavy atom. The molecule has 31 heavy (non-hydrogen) atoms. The molecule has 0 unspecified atom stereocenters. The lowest BCUT2D eigenvalue weighted by Gasteiger charge is -2.37. The SMILES string of the molecule is Clc1ccc([C@](c2ccccc2)(c2ccc(CN3CCCC3)cc2)n2ccnc2)cc1. The van der Waals surface area contributed by atoms with Crippen LogP contribution in [-0.4, -0.2) is 27.5 Å². The maximum atomic E-state index is 6.26. The summed E-state index contributed by atoms with van der Waals surface area (Å²) in [5.41, 5.74) is 4.35. The van der Waals surface area contributed by atoms with E-state index in [1.807, 2.05) is 30.9 Å². The van der Waals surface area contributed by atoms with E-state index in [0.29, 0.717) is 0 Å². The Labute approximate surface area is 188 Å². The van der Waals surface area contributed by atoms with Gasteiger partial charge >= 0.3 is 0 Å². The minimum absolute atomic E-state index is 0.533. The van der Waals surface area contributed by atoms with Crippen molar-refractivity contribution < 1.29 is 0 Å². The second-order valence-electron chi connectivity index (χ2n) is 8.23. The number of hydrogen-bond donors (Lipinski definition) is 0. The first kappa shape index (κ1) is 20.0. The van der Waals surface area contributed by atoms with Crippen molar-refractivity contribution >= 4 is 11.6 Å². The lowest BCUT2D eigenvalue weighted by atomic mass is 9.76. The van der Waals surface area contributed by atoms with Crippen molar-refractivity contribution in [2.24, 2.45) is 0 Å². The van der Waals surface area contributed by atoms with E-state index in [1.54, 1.807) is 0 Å². The largest absolute Gasteiger partial charge is 0.319 e. The summed E-state index contributed by atoms with van der Waals surface area (Å²) in [7, 11) is 0. The lowest BCUT2D eigenvalue weighted by molar-refractivity contribution is 0.331. The molecule has 3 aromatic carbocycles. The number of aromatic nitrogens is 2. The molecule has 0 bridgehead atoms. The van der Waals surface area contributed by atoms with Gasteiger partial charge in [-0.05, 0) is 60.3 Å². The Bertz CT molecular complexity index is 1100. The first-order valence-electron chi connectivity index (χ1n) is 10.9. The number of nitrogens with zero attached hydrogens (tertiary/aromatic N) is 3. The Hall–Kier alpha value is -2.88. The number of likely N-dealkylation sites (tertiary alicyclic amines) is 1. The Morgan fingerprint density at radius 1 is 0.774 bits per heavy atom. The third-order valence-electron chi connectivity index (χ3n) is 6.32. The summed E-state index contributed by atoms with van der Waals surface area (Å²) in [6, 6.07) is 27.9. The molecule has 1 atom stereocenters. The van der Waals surface area contributed by atoms with Gasteiger partial charge in [-0.3, -0.25) is 4.90 Å². The highest BCUT2D eigenvalue weighted by molar-refractivity contribution is 6.30. The molecule has 5 rings (SSSR count). The van der Waals surface area contributed by atoms with Crippen molar-refractivity contribution in [2.45, 2.75) is 24.9 Å². The second kappa shape index (κ2) is 8.70. The Morgan fingerprint density at radius 3 is 2.00 bits per heavy atom. The first-order chi connectivity index (χ1) is 15.3. The molecule has 1 aliphatic rings. The molecule has 0 amide bonds. The molecule has 0 saturated carbocycles. The van der Waals surface area contributed by atoms with E-state index in [0.717, 1.165) is 17.1 Å². The third-order valence-corrected chi connectivity index (χ3v) is 6.57. The highest BCUT2D eigenvalue weighted by Crippen LogP contribution is 2.41. The van der Waals surface area contributed by atoms with Crippen LogP contribution >= 0.6 is 11.6 Å². The molecule has 0 aliphatic carbocycles. The van der Waals surface area contributed by atoms with Crippen molar-refractivity contribution in [2.75, 3.05) is 13.1 Å². The van der Waals surface area contributed by atoms with E-state index in [-0.39, 0.29) is 0 Å². The second-order valence-corrected chi connectivity index (χ2v) is 8.67. The summed E-state index contributed by atoms with van der Waals surface area (Å²) in [5.74, 6) is 0. The standard InChI is InChI=1S/C27H26ClN3/c28-26-14-12-25(13-15-26)27(31-19-16-29-21-31,23-6-2-1-3-7-23)24-10-8-22(9-11-24)20-30-17-4-5-18-30/h1-3,6-16,19,21H,4-5,17-18,20H2/t27-/m0/s1. The van der Waals surface area contributed by atoms with Crippen LogP contribution in [0.3, 0.4) is 0 Å². The minimum Gasteiger partial charge on any atom is -0.319 e. The zero-order valence-corrected chi connectivity index (χ0v) is 18.2. The minimum atomic E-state index is -0.533. The molecule has 1 aliphatic heterocycles.